The number of ether oxygens (including phenoxy) is 2. The monoisotopic (exact) mass is 160 g/mol. The van der Waals surface area contributed by atoms with Crippen molar-refractivity contribution >= 4 is 11.9 Å². The van der Waals surface area contributed by atoms with Crippen molar-refractivity contribution in [2.75, 3.05) is 13.2 Å². The summed E-state index contributed by atoms with van der Waals surface area (Å²) in [6.07, 6.45) is 0.0433. The Balaban J connectivity index is 3.49. The molecule has 0 heterocycles. The first kappa shape index (κ1) is 9.94. The van der Waals surface area contributed by atoms with Gasteiger partial charge in [-0.05, 0) is 13.8 Å². The molecule has 2 N–H and O–H groups in total. The van der Waals surface area contributed by atoms with E-state index in [9.17, 15) is 4.79 Å². The molecule has 64 valence electrons. The van der Waals surface area contributed by atoms with Crippen LogP contribution in [0.5, 0.6) is 0 Å². The Morgan fingerprint density at radius 1 is 1.27 bits per heavy atom. The van der Waals surface area contributed by atoms with Gasteiger partial charge in [-0.25, -0.2) is 5.41 Å². The van der Waals surface area contributed by atoms with E-state index in [4.69, 9.17) is 10.1 Å². The predicted octanol–water partition coefficient (Wildman–Crippen LogP) is -0.866. The quantitative estimate of drug-likeness (QED) is 0.330. The lowest BCUT2D eigenvalue weighted by Gasteiger charge is -1.99. The van der Waals surface area contributed by atoms with Gasteiger partial charge in [0.1, 0.15) is 0 Å². The van der Waals surface area contributed by atoms with E-state index in [1.165, 1.54) is 0 Å². The van der Waals surface area contributed by atoms with Crippen LogP contribution in [-0.4, -0.2) is 25.1 Å². The Morgan fingerprint density at radius 2 is 1.82 bits per heavy atom. The molecule has 0 fully saturated rings. The van der Waals surface area contributed by atoms with Crippen molar-refractivity contribution in [3.05, 3.63) is 0 Å². The third-order valence-corrected chi connectivity index (χ3v) is 0.954. The van der Waals surface area contributed by atoms with Gasteiger partial charge in [0, 0.05) is 0 Å². The summed E-state index contributed by atoms with van der Waals surface area (Å²) in [5.74, 6) is -0.135. The largest absolute Gasteiger partial charge is 0.465 e. The second-order valence-corrected chi connectivity index (χ2v) is 1.88. The SMILES string of the molecule is CCOC(=[NH2+])CC(=O)OCC. The van der Waals surface area contributed by atoms with Gasteiger partial charge in [0.25, 0.3) is 0 Å². The van der Waals surface area contributed by atoms with Gasteiger partial charge in [0.2, 0.25) is 0 Å². The molecule has 0 saturated heterocycles. The third-order valence-electron chi connectivity index (χ3n) is 0.954. The molecule has 0 unspecified atom stereocenters. The molecule has 0 amide bonds. The average molecular weight is 160 g/mol. The fourth-order valence-corrected chi connectivity index (χ4v) is 0.591. The molecule has 0 aromatic heterocycles. The Kier molecular flexibility index (Phi) is 5.15. The molecule has 4 nitrogen and oxygen atoms in total. The standard InChI is InChI=1S/C7H13NO3/c1-3-10-6(8)5-7(9)11-4-2/h8H,3-5H2,1-2H3/p+1. The molecule has 0 bridgehead atoms. The van der Waals surface area contributed by atoms with Crippen LogP contribution in [0, 0.1) is 0 Å². The fourth-order valence-electron chi connectivity index (χ4n) is 0.591. The highest BCUT2D eigenvalue weighted by Gasteiger charge is 2.11. The van der Waals surface area contributed by atoms with Crippen LogP contribution < -0.4 is 5.41 Å². The lowest BCUT2D eigenvalue weighted by molar-refractivity contribution is -0.153. The van der Waals surface area contributed by atoms with Crippen LogP contribution in [-0.2, 0) is 14.3 Å². The Morgan fingerprint density at radius 3 is 2.27 bits per heavy atom. The summed E-state index contributed by atoms with van der Waals surface area (Å²) >= 11 is 0. The molecule has 0 saturated carbocycles. The summed E-state index contributed by atoms with van der Waals surface area (Å²) in [7, 11) is 0. The van der Waals surface area contributed by atoms with Crippen molar-refractivity contribution in [3.8, 4) is 0 Å². The van der Waals surface area contributed by atoms with E-state index in [0.29, 0.717) is 13.2 Å². The minimum absolute atomic E-state index is 0.0433. The number of hydrogen-bond acceptors (Lipinski definition) is 3. The zero-order valence-electron chi connectivity index (χ0n) is 6.92. The van der Waals surface area contributed by atoms with Crippen LogP contribution in [0.3, 0.4) is 0 Å². The first-order valence-corrected chi connectivity index (χ1v) is 3.60. The Bertz CT molecular complexity index is 129. The lowest BCUT2D eigenvalue weighted by atomic mass is 10.4. The van der Waals surface area contributed by atoms with Gasteiger partial charge in [-0.2, -0.15) is 0 Å². The van der Waals surface area contributed by atoms with Gasteiger partial charge in [0.05, 0.1) is 13.2 Å². The molecular weight excluding hydrogens is 146 g/mol. The fraction of sp³-hybridized carbons (Fsp3) is 0.714. The van der Waals surface area contributed by atoms with Crippen LogP contribution in [0.15, 0.2) is 0 Å². The van der Waals surface area contributed by atoms with Crippen LogP contribution in [0.1, 0.15) is 20.3 Å². The van der Waals surface area contributed by atoms with E-state index in [0.717, 1.165) is 0 Å². The molecule has 11 heavy (non-hydrogen) atoms. The van der Waals surface area contributed by atoms with Crippen molar-refractivity contribution in [2.24, 2.45) is 0 Å². The van der Waals surface area contributed by atoms with Crippen molar-refractivity contribution in [1.82, 2.24) is 0 Å². The molecule has 0 aromatic carbocycles. The summed E-state index contributed by atoms with van der Waals surface area (Å²) in [6, 6.07) is 0. The maximum Gasteiger partial charge on any atom is 0.344 e. The van der Waals surface area contributed by atoms with E-state index < -0.39 is 0 Å². The highest BCUT2D eigenvalue weighted by Crippen LogP contribution is 1.87. The summed E-state index contributed by atoms with van der Waals surface area (Å²) in [4.78, 5) is 10.7. The number of nitrogens with two attached hydrogens (primary N) is 1. The molecule has 0 aliphatic rings. The van der Waals surface area contributed by atoms with E-state index >= 15 is 0 Å². The topological polar surface area (TPSA) is 61.1 Å². The molecule has 0 radical (unpaired) electrons. The minimum Gasteiger partial charge on any atom is -0.465 e. The lowest BCUT2D eigenvalue weighted by Crippen LogP contribution is -2.42. The molecule has 4 heteroatoms. The first-order valence-electron chi connectivity index (χ1n) is 3.60. The second kappa shape index (κ2) is 5.70. The van der Waals surface area contributed by atoms with Gasteiger partial charge in [-0.15, -0.1) is 0 Å². The van der Waals surface area contributed by atoms with Gasteiger partial charge < -0.3 is 9.47 Å². The molecule has 0 rings (SSSR count). The highest BCUT2D eigenvalue weighted by molar-refractivity contribution is 5.91. The maximum absolute atomic E-state index is 10.7. The minimum atomic E-state index is -0.349. The molecular formula is C7H14NO3+. The van der Waals surface area contributed by atoms with Crippen LogP contribution in [0.2, 0.25) is 0 Å². The van der Waals surface area contributed by atoms with Crippen LogP contribution >= 0.6 is 0 Å². The zero-order valence-corrected chi connectivity index (χ0v) is 6.92. The van der Waals surface area contributed by atoms with Crippen molar-refractivity contribution in [3.63, 3.8) is 0 Å². The van der Waals surface area contributed by atoms with Crippen LogP contribution in [0.4, 0.5) is 0 Å². The van der Waals surface area contributed by atoms with Gasteiger partial charge >= 0.3 is 11.9 Å². The summed E-state index contributed by atoms with van der Waals surface area (Å²) < 4.78 is 9.49. The highest BCUT2D eigenvalue weighted by atomic mass is 16.5. The first-order chi connectivity index (χ1) is 5.20. The van der Waals surface area contributed by atoms with Crippen molar-refractivity contribution in [2.45, 2.75) is 20.3 Å². The number of esters is 1. The zero-order chi connectivity index (χ0) is 8.69. The number of carbonyl (C=O) groups is 1. The van der Waals surface area contributed by atoms with E-state index in [2.05, 4.69) is 4.74 Å². The number of carbonyl (C=O) groups excluding carboxylic acids is 1. The van der Waals surface area contributed by atoms with E-state index in [1.54, 1.807) is 13.8 Å². The third kappa shape index (κ3) is 5.39. The molecule has 0 aliphatic heterocycles. The second-order valence-electron chi connectivity index (χ2n) is 1.88. The number of hydrogen-bond donors (Lipinski definition) is 1. The van der Waals surface area contributed by atoms with Gasteiger partial charge in [0.15, 0.2) is 6.42 Å². The summed E-state index contributed by atoms with van der Waals surface area (Å²) in [5.41, 5.74) is 0. The summed E-state index contributed by atoms with van der Waals surface area (Å²) in [6.45, 7) is 4.40. The molecule has 0 spiro atoms. The maximum atomic E-state index is 10.7. The normalized spacial score (nSPS) is 8.91. The van der Waals surface area contributed by atoms with Crippen molar-refractivity contribution < 1.29 is 19.7 Å². The van der Waals surface area contributed by atoms with E-state index in [1.807, 2.05) is 0 Å². The molecule has 0 atom stereocenters. The number of rotatable bonds is 4. The molecule has 0 aromatic rings. The molecule has 0 aliphatic carbocycles. The van der Waals surface area contributed by atoms with Gasteiger partial charge in [-0.1, -0.05) is 0 Å². The average Bonchev–Trinajstić information content (AvgIpc) is 1.87. The van der Waals surface area contributed by atoms with E-state index in [-0.39, 0.29) is 18.3 Å². The smallest absolute Gasteiger partial charge is 0.344 e. The van der Waals surface area contributed by atoms with Gasteiger partial charge in [-0.3, -0.25) is 4.79 Å². The Hall–Kier alpha value is -1.06. The Labute approximate surface area is 66.0 Å². The van der Waals surface area contributed by atoms with Crippen LogP contribution in [0.25, 0.3) is 0 Å². The summed E-state index contributed by atoms with van der Waals surface area (Å²) in [5, 5.41) is 5.31. The predicted molar refractivity (Wildman–Crippen MR) is 39.8 cm³/mol. The van der Waals surface area contributed by atoms with Crippen molar-refractivity contribution in [1.29, 1.82) is 0 Å².